The number of thiol groups is 1. The molecule has 0 unspecified atom stereocenters. The molecule has 0 atom stereocenters. The fourth-order valence-corrected chi connectivity index (χ4v) is 0.867. The molecule has 0 aromatic heterocycles. The van der Waals surface area contributed by atoms with Crippen LogP contribution in [0.4, 0.5) is 4.79 Å². The van der Waals surface area contributed by atoms with Gasteiger partial charge >= 0.3 is 6.09 Å². The number of carbonyl (C=O) groups is 1. The van der Waals surface area contributed by atoms with Gasteiger partial charge in [0.05, 0.1) is 0 Å². The van der Waals surface area contributed by atoms with Crippen molar-refractivity contribution in [1.82, 2.24) is 5.32 Å². The minimum absolute atomic E-state index is 0.459. The predicted octanol–water partition coefficient (Wildman–Crippen LogP) is 1.76. The molecule has 1 aromatic rings. The number of nitrogens with one attached hydrogen (secondary N) is 1. The van der Waals surface area contributed by atoms with Crippen LogP contribution in [0, 0.1) is 0 Å². The van der Waals surface area contributed by atoms with Gasteiger partial charge in [0.25, 0.3) is 0 Å². The van der Waals surface area contributed by atoms with Crippen LogP contribution in [0.5, 0.6) is 0 Å². The van der Waals surface area contributed by atoms with Crippen molar-refractivity contribution < 1.29 is 8.98 Å². The summed E-state index contributed by atoms with van der Waals surface area (Å²) in [6, 6.07) is 9.56. The summed E-state index contributed by atoms with van der Waals surface area (Å²) in [4.78, 5) is 10.6. The van der Waals surface area contributed by atoms with Crippen LogP contribution in [0.2, 0.25) is 0 Å². The minimum Gasteiger partial charge on any atom is -0.378 e. The molecule has 0 fully saturated rings. The molecule has 64 valence electrons. The van der Waals surface area contributed by atoms with Crippen molar-refractivity contribution >= 4 is 19.0 Å². The number of rotatable bonds is 2. The summed E-state index contributed by atoms with van der Waals surface area (Å²) in [5, 5.41) is 2.51. The molecule has 12 heavy (non-hydrogen) atoms. The summed E-state index contributed by atoms with van der Waals surface area (Å²) in [6.07, 6.45) is -0.540. The van der Waals surface area contributed by atoms with Crippen LogP contribution >= 0.6 is 12.9 Å². The molecule has 4 heteroatoms. The smallest absolute Gasteiger partial charge is 0.378 e. The van der Waals surface area contributed by atoms with Crippen molar-refractivity contribution in [2.75, 3.05) is 0 Å². The van der Waals surface area contributed by atoms with Crippen LogP contribution < -0.4 is 5.32 Å². The maximum Gasteiger partial charge on any atom is 0.419 e. The Morgan fingerprint density at radius 3 is 2.67 bits per heavy atom. The quantitative estimate of drug-likeness (QED) is 0.541. The first-order chi connectivity index (χ1) is 5.83. The van der Waals surface area contributed by atoms with Crippen LogP contribution in [0.25, 0.3) is 0 Å². The Labute approximate surface area is 76.4 Å². The summed E-state index contributed by atoms with van der Waals surface area (Å²) in [5.41, 5.74) is 1.02. The van der Waals surface area contributed by atoms with E-state index in [0.717, 1.165) is 5.56 Å². The Balaban J connectivity index is 2.38. The zero-order valence-electron chi connectivity index (χ0n) is 6.36. The fraction of sp³-hybridized carbons (Fsp3) is 0.125. The van der Waals surface area contributed by atoms with Gasteiger partial charge in [0.15, 0.2) is 0 Å². The summed E-state index contributed by atoms with van der Waals surface area (Å²) < 4.78 is 4.12. The van der Waals surface area contributed by atoms with Gasteiger partial charge in [0, 0.05) is 19.5 Å². The molecular weight excluding hydrogens is 174 g/mol. The van der Waals surface area contributed by atoms with E-state index in [0.29, 0.717) is 6.54 Å². The van der Waals surface area contributed by atoms with Gasteiger partial charge in [0.2, 0.25) is 0 Å². The number of benzene rings is 1. The summed E-state index contributed by atoms with van der Waals surface area (Å²) >= 11 is 3.35. The maximum atomic E-state index is 10.6. The third-order valence-electron chi connectivity index (χ3n) is 1.36. The summed E-state index contributed by atoms with van der Waals surface area (Å²) in [7, 11) is 0. The molecule has 0 saturated heterocycles. The van der Waals surface area contributed by atoms with Crippen LogP contribution in [-0.2, 0) is 10.7 Å². The lowest BCUT2D eigenvalue weighted by Crippen LogP contribution is -2.20. The van der Waals surface area contributed by atoms with Crippen molar-refractivity contribution in [2.24, 2.45) is 0 Å². The Hall–Kier alpha value is -1.16. The third-order valence-corrected chi connectivity index (χ3v) is 1.53. The number of hydrogen-bond donors (Lipinski definition) is 2. The van der Waals surface area contributed by atoms with Crippen molar-refractivity contribution in [3.05, 3.63) is 35.9 Å². The highest BCUT2D eigenvalue weighted by atomic mass is 32.1. The van der Waals surface area contributed by atoms with Gasteiger partial charge in [-0.25, -0.2) is 4.79 Å². The topological polar surface area (TPSA) is 38.3 Å². The molecule has 1 amide bonds. The lowest BCUT2D eigenvalue weighted by atomic mass is 10.2. The largest absolute Gasteiger partial charge is 0.419 e. The molecule has 0 saturated carbocycles. The molecule has 1 N–H and O–H groups in total. The molecule has 0 heterocycles. The van der Waals surface area contributed by atoms with Crippen molar-refractivity contribution in [1.29, 1.82) is 0 Å². The lowest BCUT2D eigenvalue weighted by molar-refractivity contribution is 0.209. The van der Waals surface area contributed by atoms with Gasteiger partial charge in [-0.05, 0) is 5.56 Å². The van der Waals surface area contributed by atoms with Crippen LogP contribution in [0.15, 0.2) is 30.3 Å². The minimum atomic E-state index is -0.540. The SMILES string of the molecule is O=C(NCc1ccccc1)OS. The molecule has 0 aliphatic carbocycles. The highest BCUT2D eigenvalue weighted by Gasteiger charge is 1.97. The first-order valence-corrected chi connectivity index (χ1v) is 3.82. The third kappa shape index (κ3) is 2.84. The average Bonchev–Trinajstić information content (AvgIpc) is 2.16. The van der Waals surface area contributed by atoms with Crippen LogP contribution in [0.1, 0.15) is 5.56 Å². The van der Waals surface area contributed by atoms with Gasteiger partial charge in [0.1, 0.15) is 0 Å². The Kier molecular flexibility index (Phi) is 3.47. The molecule has 0 bridgehead atoms. The normalized spacial score (nSPS) is 9.08. The average molecular weight is 183 g/mol. The Morgan fingerprint density at radius 2 is 2.08 bits per heavy atom. The van der Waals surface area contributed by atoms with Gasteiger partial charge < -0.3 is 9.50 Å². The molecule has 0 radical (unpaired) electrons. The summed E-state index contributed by atoms with van der Waals surface area (Å²) in [6.45, 7) is 0.459. The first kappa shape index (κ1) is 8.93. The molecule has 0 spiro atoms. The molecule has 0 aliphatic rings. The lowest BCUT2D eigenvalue weighted by Gasteiger charge is -2.01. The van der Waals surface area contributed by atoms with E-state index in [-0.39, 0.29) is 0 Å². The monoisotopic (exact) mass is 183 g/mol. The van der Waals surface area contributed by atoms with E-state index in [2.05, 4.69) is 22.4 Å². The maximum absolute atomic E-state index is 10.6. The number of amides is 1. The molecule has 3 nitrogen and oxygen atoms in total. The van der Waals surface area contributed by atoms with E-state index < -0.39 is 6.09 Å². The standard InChI is InChI=1S/C8H9NO2S/c10-8(11-12)9-6-7-4-2-1-3-5-7/h1-5,12H,6H2,(H,9,10). The zero-order chi connectivity index (χ0) is 8.81. The van der Waals surface area contributed by atoms with E-state index >= 15 is 0 Å². The van der Waals surface area contributed by atoms with E-state index in [1.54, 1.807) is 0 Å². The van der Waals surface area contributed by atoms with Crippen LogP contribution in [0.3, 0.4) is 0 Å². The van der Waals surface area contributed by atoms with E-state index in [9.17, 15) is 4.79 Å². The van der Waals surface area contributed by atoms with E-state index in [1.165, 1.54) is 0 Å². The second-order valence-corrected chi connectivity index (χ2v) is 2.40. The Bertz CT molecular complexity index is 250. The molecular formula is C8H9NO2S. The Morgan fingerprint density at radius 1 is 1.42 bits per heavy atom. The first-order valence-electron chi connectivity index (χ1n) is 3.46. The van der Waals surface area contributed by atoms with Gasteiger partial charge in [-0.15, -0.1) is 0 Å². The zero-order valence-corrected chi connectivity index (χ0v) is 7.25. The van der Waals surface area contributed by atoms with Gasteiger partial charge in [-0.2, -0.15) is 0 Å². The van der Waals surface area contributed by atoms with Crippen LogP contribution in [-0.4, -0.2) is 6.09 Å². The van der Waals surface area contributed by atoms with Gasteiger partial charge in [-0.1, -0.05) is 30.3 Å². The van der Waals surface area contributed by atoms with Crippen molar-refractivity contribution in [2.45, 2.75) is 6.54 Å². The predicted molar refractivity (Wildman–Crippen MR) is 48.7 cm³/mol. The number of carbonyl (C=O) groups excluding carboxylic acids is 1. The number of hydrogen-bond acceptors (Lipinski definition) is 3. The van der Waals surface area contributed by atoms with Crippen molar-refractivity contribution in [3.8, 4) is 0 Å². The van der Waals surface area contributed by atoms with Gasteiger partial charge in [-0.3, -0.25) is 0 Å². The highest BCUT2D eigenvalue weighted by molar-refractivity contribution is 7.75. The second kappa shape index (κ2) is 4.66. The molecule has 1 aromatic carbocycles. The van der Waals surface area contributed by atoms with E-state index in [1.807, 2.05) is 30.3 Å². The van der Waals surface area contributed by atoms with Crippen molar-refractivity contribution in [3.63, 3.8) is 0 Å². The molecule has 0 aliphatic heterocycles. The fourth-order valence-electron chi connectivity index (χ4n) is 0.802. The second-order valence-electron chi connectivity index (χ2n) is 2.22. The van der Waals surface area contributed by atoms with E-state index in [4.69, 9.17) is 0 Å². The molecule has 1 rings (SSSR count). The highest BCUT2D eigenvalue weighted by Crippen LogP contribution is 1.97. The summed E-state index contributed by atoms with van der Waals surface area (Å²) in [5.74, 6) is 0.